The molecule has 0 saturated carbocycles. The number of carbonyl (C=O) groups is 2. The number of ketones is 1. The number of hydrogen-bond acceptors (Lipinski definition) is 5. The zero-order valence-corrected chi connectivity index (χ0v) is 18.4. The van der Waals surface area contributed by atoms with Crippen LogP contribution in [0.2, 0.25) is 0 Å². The lowest BCUT2D eigenvalue weighted by Gasteiger charge is -2.20. The first kappa shape index (κ1) is 21.9. The molecular formula is C23H31N3O4. The first-order valence-corrected chi connectivity index (χ1v) is 10.4. The molecular weight excluding hydrogens is 382 g/mol. The summed E-state index contributed by atoms with van der Waals surface area (Å²) in [4.78, 5) is 27.0. The molecule has 1 aromatic carbocycles. The minimum absolute atomic E-state index is 0.00564. The number of hydrogen-bond donors (Lipinski definition) is 1. The molecule has 0 atom stereocenters. The summed E-state index contributed by atoms with van der Waals surface area (Å²) in [6.07, 6.45) is 0. The summed E-state index contributed by atoms with van der Waals surface area (Å²) >= 11 is 0. The van der Waals surface area contributed by atoms with E-state index in [-0.39, 0.29) is 30.8 Å². The lowest BCUT2D eigenvalue weighted by atomic mass is 10.1. The lowest BCUT2D eigenvalue weighted by molar-refractivity contribution is -0.122. The fourth-order valence-electron chi connectivity index (χ4n) is 3.75. The molecule has 0 aliphatic carbocycles. The van der Waals surface area contributed by atoms with Gasteiger partial charge in [0.15, 0.2) is 17.3 Å². The van der Waals surface area contributed by atoms with Gasteiger partial charge in [0.05, 0.1) is 13.1 Å². The van der Waals surface area contributed by atoms with E-state index in [0.29, 0.717) is 31.1 Å². The van der Waals surface area contributed by atoms with Crippen LogP contribution in [0.3, 0.4) is 0 Å². The molecule has 7 nitrogen and oxygen atoms in total. The van der Waals surface area contributed by atoms with Gasteiger partial charge in [0, 0.05) is 34.7 Å². The normalized spacial score (nSPS) is 13.0. The molecule has 2 aromatic rings. The van der Waals surface area contributed by atoms with Crippen LogP contribution in [-0.4, -0.2) is 60.0 Å². The molecule has 0 bridgehead atoms. The van der Waals surface area contributed by atoms with Gasteiger partial charge >= 0.3 is 0 Å². The maximum Gasteiger partial charge on any atom is 0.234 e. The van der Waals surface area contributed by atoms with Crippen LogP contribution in [0, 0.1) is 13.8 Å². The standard InChI is InChI=1S/C23H31N3O4/c1-6-25(14-23(28)24-15(2)3)13-20(27)19-11-16(4)26(17(19)5)18-7-8-21-22(12-18)30-10-9-29-21/h7-8,11-12,15H,6,9-10,13-14H2,1-5H3,(H,24,28). The van der Waals surface area contributed by atoms with Gasteiger partial charge in [-0.15, -0.1) is 0 Å². The van der Waals surface area contributed by atoms with E-state index < -0.39 is 0 Å². The highest BCUT2D eigenvalue weighted by atomic mass is 16.6. The average molecular weight is 414 g/mol. The molecule has 0 radical (unpaired) electrons. The highest BCUT2D eigenvalue weighted by Gasteiger charge is 2.21. The lowest BCUT2D eigenvalue weighted by Crippen LogP contribution is -2.41. The maximum atomic E-state index is 13.0. The fraction of sp³-hybridized carbons (Fsp3) is 0.478. The molecule has 0 fully saturated rings. The molecule has 162 valence electrons. The molecule has 0 saturated heterocycles. The number of aryl methyl sites for hydroxylation is 1. The topological polar surface area (TPSA) is 72.8 Å². The second-order valence-corrected chi connectivity index (χ2v) is 7.90. The Labute approximate surface area is 178 Å². The van der Waals surface area contributed by atoms with Gasteiger partial charge in [-0.1, -0.05) is 6.92 Å². The second-order valence-electron chi connectivity index (χ2n) is 7.90. The van der Waals surface area contributed by atoms with Gasteiger partial charge in [-0.25, -0.2) is 0 Å². The zero-order valence-electron chi connectivity index (χ0n) is 18.4. The van der Waals surface area contributed by atoms with E-state index in [0.717, 1.165) is 22.8 Å². The Bertz CT molecular complexity index is 933. The van der Waals surface area contributed by atoms with E-state index in [2.05, 4.69) is 5.32 Å². The third-order valence-electron chi connectivity index (χ3n) is 5.15. The molecule has 1 aliphatic heterocycles. The van der Waals surface area contributed by atoms with E-state index in [4.69, 9.17) is 9.47 Å². The molecule has 1 aliphatic rings. The van der Waals surface area contributed by atoms with Crippen molar-refractivity contribution in [2.24, 2.45) is 0 Å². The Morgan fingerprint density at radius 3 is 2.47 bits per heavy atom. The highest BCUT2D eigenvalue weighted by molar-refractivity contribution is 5.99. The van der Waals surface area contributed by atoms with E-state index in [1.807, 2.05) is 68.4 Å². The summed E-state index contributed by atoms with van der Waals surface area (Å²) in [5, 5.41) is 2.87. The summed E-state index contributed by atoms with van der Waals surface area (Å²) in [6.45, 7) is 11.8. The van der Waals surface area contributed by atoms with Crippen LogP contribution in [0.15, 0.2) is 24.3 Å². The number of carbonyl (C=O) groups excluding carboxylic acids is 2. The number of aromatic nitrogens is 1. The van der Waals surface area contributed by atoms with Crippen LogP contribution in [0.5, 0.6) is 11.5 Å². The molecule has 0 unspecified atom stereocenters. The van der Waals surface area contributed by atoms with E-state index in [1.54, 1.807) is 0 Å². The number of ether oxygens (including phenoxy) is 2. The Hall–Kier alpha value is -2.80. The third kappa shape index (κ3) is 4.84. The van der Waals surface area contributed by atoms with Gasteiger partial charge in [-0.3, -0.25) is 14.5 Å². The summed E-state index contributed by atoms with van der Waals surface area (Å²) < 4.78 is 13.4. The number of benzene rings is 1. The van der Waals surface area contributed by atoms with E-state index in [1.165, 1.54) is 0 Å². The highest BCUT2D eigenvalue weighted by Crippen LogP contribution is 2.33. The van der Waals surface area contributed by atoms with Gasteiger partial charge in [0.2, 0.25) is 5.91 Å². The number of nitrogens with one attached hydrogen (secondary N) is 1. The minimum atomic E-state index is -0.0681. The Kier molecular flexibility index (Phi) is 6.82. The summed E-state index contributed by atoms with van der Waals surface area (Å²) in [5.41, 5.74) is 3.44. The van der Waals surface area contributed by atoms with Crippen LogP contribution in [0.25, 0.3) is 5.69 Å². The van der Waals surface area contributed by atoms with Crippen LogP contribution in [-0.2, 0) is 4.79 Å². The molecule has 7 heteroatoms. The molecule has 2 heterocycles. The number of Topliss-reactive ketones (excluding diaryl/α,β-unsaturated/α-hetero) is 1. The summed E-state index contributed by atoms with van der Waals surface area (Å²) in [7, 11) is 0. The van der Waals surface area contributed by atoms with E-state index >= 15 is 0 Å². The number of likely N-dealkylation sites (N-methyl/N-ethyl adjacent to an activating group) is 1. The monoisotopic (exact) mass is 413 g/mol. The van der Waals surface area contributed by atoms with Crippen LogP contribution in [0.4, 0.5) is 0 Å². The van der Waals surface area contributed by atoms with Crippen molar-refractivity contribution >= 4 is 11.7 Å². The zero-order chi connectivity index (χ0) is 21.8. The minimum Gasteiger partial charge on any atom is -0.486 e. The fourth-order valence-corrected chi connectivity index (χ4v) is 3.75. The van der Waals surface area contributed by atoms with Crippen molar-refractivity contribution < 1.29 is 19.1 Å². The maximum absolute atomic E-state index is 13.0. The first-order chi connectivity index (χ1) is 14.3. The number of rotatable bonds is 8. The molecule has 1 amide bonds. The number of fused-ring (bicyclic) bond motifs is 1. The van der Waals surface area contributed by atoms with Gasteiger partial charge in [0.1, 0.15) is 13.2 Å². The largest absolute Gasteiger partial charge is 0.486 e. The Morgan fingerprint density at radius 2 is 1.80 bits per heavy atom. The average Bonchev–Trinajstić information content (AvgIpc) is 3.00. The predicted molar refractivity (Wildman–Crippen MR) is 116 cm³/mol. The summed E-state index contributed by atoms with van der Waals surface area (Å²) in [6, 6.07) is 7.80. The SMILES string of the molecule is CCN(CC(=O)NC(C)C)CC(=O)c1cc(C)n(-c2ccc3c(c2)OCCO3)c1C. The van der Waals surface area contributed by atoms with Gasteiger partial charge in [-0.05, 0) is 52.4 Å². The van der Waals surface area contributed by atoms with E-state index in [9.17, 15) is 9.59 Å². The quantitative estimate of drug-likeness (QED) is 0.674. The Morgan fingerprint density at radius 1 is 1.10 bits per heavy atom. The molecule has 1 N–H and O–H groups in total. The van der Waals surface area contributed by atoms with Gasteiger partial charge in [0.25, 0.3) is 0 Å². The van der Waals surface area contributed by atoms with Crippen molar-refractivity contribution in [2.45, 2.75) is 40.7 Å². The molecule has 0 spiro atoms. The predicted octanol–water partition coefficient (Wildman–Crippen LogP) is 2.89. The van der Waals surface area contributed by atoms with Crippen molar-refractivity contribution in [1.82, 2.24) is 14.8 Å². The van der Waals surface area contributed by atoms with Crippen molar-refractivity contribution in [3.63, 3.8) is 0 Å². The van der Waals surface area contributed by atoms with Crippen molar-refractivity contribution in [3.8, 4) is 17.2 Å². The second kappa shape index (κ2) is 9.34. The van der Waals surface area contributed by atoms with Gasteiger partial charge < -0.3 is 19.4 Å². The van der Waals surface area contributed by atoms with Crippen molar-refractivity contribution in [2.75, 3.05) is 32.8 Å². The third-order valence-corrected chi connectivity index (χ3v) is 5.15. The van der Waals surface area contributed by atoms with Gasteiger partial charge in [-0.2, -0.15) is 0 Å². The number of amides is 1. The number of nitrogens with zero attached hydrogens (tertiary/aromatic N) is 2. The smallest absolute Gasteiger partial charge is 0.234 e. The van der Waals surface area contributed by atoms with Crippen LogP contribution in [0.1, 0.15) is 42.5 Å². The molecule has 30 heavy (non-hydrogen) atoms. The van der Waals surface area contributed by atoms with Crippen molar-refractivity contribution in [1.29, 1.82) is 0 Å². The van der Waals surface area contributed by atoms with Crippen LogP contribution >= 0.6 is 0 Å². The summed E-state index contributed by atoms with van der Waals surface area (Å²) in [5.74, 6) is 1.39. The van der Waals surface area contributed by atoms with Crippen LogP contribution < -0.4 is 14.8 Å². The molecule has 1 aromatic heterocycles. The Balaban J connectivity index is 1.79. The molecule has 3 rings (SSSR count). The van der Waals surface area contributed by atoms with Crippen molar-refractivity contribution in [3.05, 3.63) is 41.2 Å². The first-order valence-electron chi connectivity index (χ1n) is 10.4.